The summed E-state index contributed by atoms with van der Waals surface area (Å²) in [4.78, 5) is 24.0. The second-order valence-corrected chi connectivity index (χ2v) is 6.15. The summed E-state index contributed by atoms with van der Waals surface area (Å²) in [6.07, 6.45) is 9.56. The highest BCUT2D eigenvalue weighted by Crippen LogP contribution is 2.23. The van der Waals surface area contributed by atoms with E-state index in [0.717, 1.165) is 48.8 Å². The van der Waals surface area contributed by atoms with Crippen molar-refractivity contribution in [3.05, 3.63) is 60.1 Å². The molecule has 0 N–H and O–H groups in total. The van der Waals surface area contributed by atoms with Crippen molar-refractivity contribution < 1.29 is 4.74 Å². The molecule has 0 fully saturated rings. The number of ether oxygens (including phenoxy) is 1. The van der Waals surface area contributed by atoms with Crippen LogP contribution in [0.1, 0.15) is 23.7 Å². The molecule has 0 atom stereocenters. The van der Waals surface area contributed by atoms with Crippen LogP contribution in [-0.4, -0.2) is 43.0 Å². The van der Waals surface area contributed by atoms with Gasteiger partial charge in [-0.05, 0) is 13.0 Å². The minimum Gasteiger partial charge on any atom is -0.478 e. The summed E-state index contributed by atoms with van der Waals surface area (Å²) in [5.74, 6) is 1.40. The first-order valence-corrected chi connectivity index (χ1v) is 8.72. The second kappa shape index (κ2) is 7.53. The minimum absolute atomic E-state index is 0.618. The van der Waals surface area contributed by atoms with Gasteiger partial charge in [0.1, 0.15) is 6.33 Å². The third-order valence-corrected chi connectivity index (χ3v) is 4.36. The molecule has 3 aromatic heterocycles. The van der Waals surface area contributed by atoms with Crippen molar-refractivity contribution in [2.24, 2.45) is 0 Å². The smallest absolute Gasteiger partial charge is 0.217 e. The van der Waals surface area contributed by atoms with Gasteiger partial charge in [0.05, 0.1) is 17.9 Å². The molecule has 0 saturated carbocycles. The maximum Gasteiger partial charge on any atom is 0.217 e. The topological polar surface area (TPSA) is 76.9 Å². The van der Waals surface area contributed by atoms with Crippen LogP contribution in [0.25, 0.3) is 11.4 Å². The largest absolute Gasteiger partial charge is 0.478 e. The zero-order valence-corrected chi connectivity index (χ0v) is 14.7. The van der Waals surface area contributed by atoms with Crippen LogP contribution in [-0.2, 0) is 19.5 Å². The van der Waals surface area contributed by atoms with Gasteiger partial charge in [0.15, 0.2) is 5.82 Å². The molecule has 26 heavy (non-hydrogen) atoms. The van der Waals surface area contributed by atoms with Crippen molar-refractivity contribution in [3.8, 4) is 17.3 Å². The Morgan fingerprint density at radius 2 is 2.04 bits per heavy atom. The number of nitrogens with zero attached hydrogens (tertiary/aromatic N) is 6. The normalized spacial score (nSPS) is 14.0. The lowest BCUT2D eigenvalue weighted by molar-refractivity contribution is 0.235. The summed E-state index contributed by atoms with van der Waals surface area (Å²) >= 11 is 0. The van der Waals surface area contributed by atoms with Crippen LogP contribution in [0.4, 0.5) is 0 Å². The lowest BCUT2D eigenvalue weighted by atomic mass is 10.1. The fourth-order valence-electron chi connectivity index (χ4n) is 3.12. The molecule has 0 amide bonds. The van der Waals surface area contributed by atoms with Gasteiger partial charge in [-0.25, -0.2) is 24.9 Å². The van der Waals surface area contributed by atoms with E-state index in [0.29, 0.717) is 12.4 Å². The number of pyridine rings is 1. The van der Waals surface area contributed by atoms with Crippen molar-refractivity contribution in [1.82, 2.24) is 29.8 Å². The first-order valence-electron chi connectivity index (χ1n) is 8.72. The highest BCUT2D eigenvalue weighted by Gasteiger charge is 2.20. The zero-order valence-electron chi connectivity index (χ0n) is 14.7. The highest BCUT2D eigenvalue weighted by atomic mass is 16.5. The minimum atomic E-state index is 0.618. The van der Waals surface area contributed by atoms with Crippen molar-refractivity contribution in [1.29, 1.82) is 0 Å². The molecule has 1 aliphatic rings. The molecule has 0 aromatic carbocycles. The van der Waals surface area contributed by atoms with Crippen LogP contribution in [0.15, 0.2) is 43.2 Å². The zero-order chi connectivity index (χ0) is 17.8. The molecule has 0 unspecified atom stereocenters. The Bertz CT molecular complexity index is 886. The van der Waals surface area contributed by atoms with Crippen molar-refractivity contribution in [2.75, 3.05) is 13.2 Å². The molecule has 0 saturated heterocycles. The van der Waals surface area contributed by atoms with Gasteiger partial charge >= 0.3 is 0 Å². The van der Waals surface area contributed by atoms with Crippen LogP contribution >= 0.6 is 0 Å². The molecule has 7 nitrogen and oxygen atoms in total. The van der Waals surface area contributed by atoms with Gasteiger partial charge in [0.2, 0.25) is 5.88 Å². The van der Waals surface area contributed by atoms with Crippen molar-refractivity contribution in [3.63, 3.8) is 0 Å². The summed E-state index contributed by atoms with van der Waals surface area (Å²) in [5.41, 5.74) is 4.22. The molecule has 7 heteroatoms. The van der Waals surface area contributed by atoms with Gasteiger partial charge in [0, 0.05) is 62.0 Å². The Kier molecular flexibility index (Phi) is 4.79. The average molecular weight is 348 g/mol. The number of fused-ring (bicyclic) bond motifs is 1. The summed E-state index contributed by atoms with van der Waals surface area (Å²) < 4.78 is 5.64. The predicted octanol–water partition coefficient (Wildman–Crippen LogP) is 2.29. The first kappa shape index (κ1) is 16.5. The molecule has 0 bridgehead atoms. The number of aromatic nitrogens is 5. The van der Waals surface area contributed by atoms with Gasteiger partial charge in [-0.2, -0.15) is 0 Å². The van der Waals surface area contributed by atoms with E-state index in [4.69, 9.17) is 9.72 Å². The van der Waals surface area contributed by atoms with E-state index in [1.807, 2.05) is 19.2 Å². The van der Waals surface area contributed by atoms with Gasteiger partial charge in [-0.1, -0.05) is 6.07 Å². The maximum atomic E-state index is 5.64. The fraction of sp³-hybridized carbons (Fsp3) is 0.316. The van der Waals surface area contributed by atoms with E-state index in [1.165, 1.54) is 11.9 Å². The predicted molar refractivity (Wildman–Crippen MR) is 96.3 cm³/mol. The molecule has 4 heterocycles. The molecular formula is C19H20N6O. The Morgan fingerprint density at radius 1 is 1.15 bits per heavy atom. The van der Waals surface area contributed by atoms with Crippen molar-refractivity contribution >= 4 is 0 Å². The van der Waals surface area contributed by atoms with Crippen LogP contribution in [0.3, 0.4) is 0 Å². The van der Waals surface area contributed by atoms with E-state index in [9.17, 15) is 0 Å². The van der Waals surface area contributed by atoms with E-state index in [2.05, 4.69) is 30.9 Å². The standard InChI is InChI=1S/C19H20N6O/c1-2-26-19-14(4-3-6-22-19)11-25-7-5-17-16(12-25)10-23-18(24-17)15-8-20-13-21-9-15/h3-4,6,8-10,13H,2,5,7,11-12H2,1H3. The monoisotopic (exact) mass is 348 g/mol. The van der Waals surface area contributed by atoms with Gasteiger partial charge in [-0.15, -0.1) is 0 Å². The van der Waals surface area contributed by atoms with Crippen LogP contribution in [0, 0.1) is 0 Å². The van der Waals surface area contributed by atoms with E-state index >= 15 is 0 Å². The Hall–Kier alpha value is -2.93. The summed E-state index contributed by atoms with van der Waals surface area (Å²) in [7, 11) is 0. The third kappa shape index (κ3) is 3.52. The van der Waals surface area contributed by atoms with Crippen LogP contribution in [0.5, 0.6) is 5.88 Å². The summed E-state index contributed by atoms with van der Waals surface area (Å²) in [6, 6.07) is 4.02. The number of rotatable bonds is 5. The lowest BCUT2D eigenvalue weighted by Gasteiger charge is -2.28. The Balaban J connectivity index is 1.50. The lowest BCUT2D eigenvalue weighted by Crippen LogP contribution is -2.31. The molecule has 3 aromatic rings. The second-order valence-electron chi connectivity index (χ2n) is 6.15. The number of hydrogen-bond acceptors (Lipinski definition) is 7. The molecule has 1 aliphatic heterocycles. The number of hydrogen-bond donors (Lipinski definition) is 0. The SMILES string of the molecule is CCOc1ncccc1CN1CCc2nc(-c3cncnc3)ncc2C1. The summed E-state index contributed by atoms with van der Waals surface area (Å²) in [5, 5.41) is 0. The molecule has 132 valence electrons. The quantitative estimate of drug-likeness (QED) is 0.700. The molecule has 0 radical (unpaired) electrons. The van der Waals surface area contributed by atoms with Crippen LogP contribution < -0.4 is 4.74 Å². The third-order valence-electron chi connectivity index (χ3n) is 4.36. The van der Waals surface area contributed by atoms with E-state index in [1.54, 1.807) is 18.6 Å². The molecular weight excluding hydrogens is 328 g/mol. The highest BCUT2D eigenvalue weighted by molar-refractivity contribution is 5.52. The summed E-state index contributed by atoms with van der Waals surface area (Å²) in [6.45, 7) is 5.16. The molecule has 0 spiro atoms. The van der Waals surface area contributed by atoms with Gasteiger partial charge < -0.3 is 4.74 Å². The average Bonchev–Trinajstić information content (AvgIpc) is 2.70. The van der Waals surface area contributed by atoms with Gasteiger partial charge in [0.25, 0.3) is 0 Å². The fourth-order valence-corrected chi connectivity index (χ4v) is 3.12. The maximum absolute atomic E-state index is 5.64. The molecule has 0 aliphatic carbocycles. The van der Waals surface area contributed by atoms with E-state index in [-0.39, 0.29) is 0 Å². The Morgan fingerprint density at radius 3 is 2.88 bits per heavy atom. The van der Waals surface area contributed by atoms with Gasteiger partial charge in [-0.3, -0.25) is 4.90 Å². The van der Waals surface area contributed by atoms with Crippen LogP contribution in [0.2, 0.25) is 0 Å². The Labute approximate surface area is 152 Å². The van der Waals surface area contributed by atoms with Crippen molar-refractivity contribution in [2.45, 2.75) is 26.4 Å². The van der Waals surface area contributed by atoms with E-state index < -0.39 is 0 Å². The first-order chi connectivity index (χ1) is 12.8. The molecule has 4 rings (SSSR count).